The van der Waals surface area contributed by atoms with Gasteiger partial charge in [-0.05, 0) is 42.7 Å². The van der Waals surface area contributed by atoms with Gasteiger partial charge in [0.25, 0.3) is 0 Å². The molecule has 0 N–H and O–H groups in total. The summed E-state index contributed by atoms with van der Waals surface area (Å²) >= 11 is 13.6. The molecule has 0 atom stereocenters. The van der Waals surface area contributed by atoms with Gasteiger partial charge in [-0.15, -0.1) is 16.4 Å². The summed E-state index contributed by atoms with van der Waals surface area (Å²) < 4.78 is 7.77. The van der Waals surface area contributed by atoms with Crippen LogP contribution in [-0.4, -0.2) is 10.8 Å². The number of halogens is 2. The summed E-state index contributed by atoms with van der Waals surface area (Å²) in [6.45, 7) is 0. The van der Waals surface area contributed by atoms with E-state index in [2.05, 4.69) is 14.8 Å². The van der Waals surface area contributed by atoms with Crippen molar-refractivity contribution in [3.8, 4) is 11.3 Å². The molecule has 2 heterocycles. The first kappa shape index (κ1) is 22.1. The molecular weight excluding hydrogens is 477 g/mol. The quantitative estimate of drug-likeness (QED) is 0.172. The lowest BCUT2D eigenvalue weighted by molar-refractivity contribution is 0.350. The van der Waals surface area contributed by atoms with Crippen molar-refractivity contribution in [2.24, 2.45) is 10.2 Å². The van der Waals surface area contributed by atoms with E-state index in [1.54, 1.807) is 18.3 Å². The number of aromatic nitrogens is 1. The zero-order valence-corrected chi connectivity index (χ0v) is 20.0. The summed E-state index contributed by atoms with van der Waals surface area (Å²) in [5, 5.41) is 12.7. The number of hydrogen-bond donors (Lipinski definition) is 0. The molecule has 0 amide bonds. The van der Waals surface area contributed by atoms with Crippen LogP contribution in [-0.2, 0) is 0 Å². The van der Waals surface area contributed by atoms with E-state index >= 15 is 0 Å². The highest BCUT2D eigenvalue weighted by atomic mass is 35.5. The smallest absolute Gasteiger partial charge is 0.345 e. The summed E-state index contributed by atoms with van der Waals surface area (Å²) in [4.78, 5) is 13.6. The Kier molecular flexibility index (Phi) is 6.49. The Morgan fingerprint density at radius 3 is 2.67 bits per heavy atom. The van der Waals surface area contributed by atoms with E-state index in [0.717, 1.165) is 47.1 Å². The van der Waals surface area contributed by atoms with Crippen LogP contribution < -0.4 is 10.4 Å². The highest BCUT2D eigenvalue weighted by Crippen LogP contribution is 2.32. The monoisotopic (exact) mass is 497 g/mol. The predicted molar refractivity (Wildman–Crippen MR) is 136 cm³/mol. The standard InChI is InChI=1S/C25H21Cl2N3O2S/c26-20-11-10-16(12-21(20)27)14-28-29-25-30(18-7-2-1-3-8-18)22(15-33-25)19-13-17-6-4-5-9-23(17)32-24(19)31/h4-6,9-15,18H,1-3,7-8H2/b28-14+,29-25-. The van der Waals surface area contributed by atoms with E-state index in [4.69, 9.17) is 27.6 Å². The van der Waals surface area contributed by atoms with E-state index < -0.39 is 0 Å². The Morgan fingerprint density at radius 1 is 1.03 bits per heavy atom. The van der Waals surface area contributed by atoms with Crippen LogP contribution in [0.2, 0.25) is 10.0 Å². The van der Waals surface area contributed by atoms with Crippen molar-refractivity contribution in [3.05, 3.63) is 84.7 Å². The van der Waals surface area contributed by atoms with Crippen LogP contribution in [0.25, 0.3) is 22.2 Å². The minimum Gasteiger partial charge on any atom is -0.422 e. The second-order valence-electron chi connectivity index (χ2n) is 8.07. The number of nitrogens with zero attached hydrogens (tertiary/aromatic N) is 3. The molecule has 5 rings (SSSR count). The maximum absolute atomic E-state index is 12.9. The Labute approximate surface area is 204 Å². The van der Waals surface area contributed by atoms with Crippen molar-refractivity contribution >= 4 is 51.7 Å². The molecule has 1 fully saturated rings. The zero-order valence-electron chi connectivity index (χ0n) is 17.7. The SMILES string of the molecule is O=c1oc2ccccc2cc1-c1cs/c(=N\N=C\c2ccc(Cl)c(Cl)c2)n1C1CCCCC1. The number of thiazole rings is 1. The van der Waals surface area contributed by atoms with E-state index in [9.17, 15) is 4.79 Å². The van der Waals surface area contributed by atoms with Gasteiger partial charge < -0.3 is 8.98 Å². The molecule has 2 aromatic carbocycles. The van der Waals surface area contributed by atoms with Crippen molar-refractivity contribution in [2.75, 3.05) is 0 Å². The lowest BCUT2D eigenvalue weighted by atomic mass is 9.95. The third-order valence-electron chi connectivity index (χ3n) is 5.89. The van der Waals surface area contributed by atoms with E-state index in [0.29, 0.717) is 21.2 Å². The second-order valence-corrected chi connectivity index (χ2v) is 9.72. The summed E-state index contributed by atoms with van der Waals surface area (Å²) in [5.74, 6) is 0. The number of fused-ring (bicyclic) bond motifs is 1. The fourth-order valence-corrected chi connectivity index (χ4v) is 5.48. The van der Waals surface area contributed by atoms with Gasteiger partial charge in [-0.25, -0.2) is 4.79 Å². The molecule has 8 heteroatoms. The van der Waals surface area contributed by atoms with Gasteiger partial charge in [0.2, 0.25) is 4.80 Å². The van der Waals surface area contributed by atoms with Crippen molar-refractivity contribution in [1.82, 2.24) is 4.57 Å². The topological polar surface area (TPSA) is 59.9 Å². The van der Waals surface area contributed by atoms with Gasteiger partial charge in [0.1, 0.15) is 5.58 Å². The third kappa shape index (κ3) is 4.69. The summed E-state index contributed by atoms with van der Waals surface area (Å²) in [5.41, 5.74) is 2.42. The van der Waals surface area contributed by atoms with E-state index in [1.807, 2.05) is 41.8 Å². The molecule has 0 bridgehead atoms. The van der Waals surface area contributed by atoms with E-state index in [1.165, 1.54) is 17.8 Å². The molecule has 0 spiro atoms. The van der Waals surface area contributed by atoms with Gasteiger partial charge >= 0.3 is 5.63 Å². The average Bonchev–Trinajstić information content (AvgIpc) is 3.25. The predicted octanol–water partition coefficient (Wildman–Crippen LogP) is 7.07. The maximum atomic E-state index is 12.9. The van der Waals surface area contributed by atoms with Gasteiger partial charge in [0, 0.05) is 16.8 Å². The van der Waals surface area contributed by atoms with Crippen LogP contribution in [0.15, 0.2) is 73.3 Å². The summed E-state index contributed by atoms with van der Waals surface area (Å²) in [7, 11) is 0. The lowest BCUT2D eigenvalue weighted by Crippen LogP contribution is -2.24. The minimum absolute atomic E-state index is 0.268. The fraction of sp³-hybridized carbons (Fsp3) is 0.240. The largest absolute Gasteiger partial charge is 0.422 e. The molecule has 33 heavy (non-hydrogen) atoms. The van der Waals surface area contributed by atoms with Crippen LogP contribution in [0.3, 0.4) is 0 Å². The van der Waals surface area contributed by atoms with Gasteiger partial charge in [-0.2, -0.15) is 5.10 Å². The molecular formula is C25H21Cl2N3O2S. The van der Waals surface area contributed by atoms with Crippen LogP contribution in [0, 0.1) is 0 Å². The Balaban J connectivity index is 1.60. The van der Waals surface area contributed by atoms with Gasteiger partial charge in [-0.3, -0.25) is 0 Å². The zero-order chi connectivity index (χ0) is 22.8. The highest BCUT2D eigenvalue weighted by molar-refractivity contribution is 7.07. The molecule has 5 nitrogen and oxygen atoms in total. The van der Waals surface area contributed by atoms with Gasteiger partial charge in [-0.1, -0.05) is 66.7 Å². The van der Waals surface area contributed by atoms with Crippen LogP contribution in [0.4, 0.5) is 0 Å². The number of para-hydroxylation sites is 1. The highest BCUT2D eigenvalue weighted by Gasteiger charge is 2.22. The molecule has 0 saturated heterocycles. The summed E-state index contributed by atoms with van der Waals surface area (Å²) in [6, 6.07) is 15.0. The Morgan fingerprint density at radius 2 is 1.85 bits per heavy atom. The molecule has 0 radical (unpaired) electrons. The molecule has 1 aliphatic carbocycles. The average molecular weight is 498 g/mol. The van der Waals surface area contributed by atoms with Crippen molar-refractivity contribution in [1.29, 1.82) is 0 Å². The van der Waals surface area contributed by atoms with Gasteiger partial charge in [0.05, 0.1) is 27.5 Å². The molecule has 1 aliphatic rings. The van der Waals surface area contributed by atoms with Crippen molar-refractivity contribution in [3.63, 3.8) is 0 Å². The molecule has 2 aromatic heterocycles. The number of benzene rings is 2. The Bertz CT molecular complexity index is 1460. The third-order valence-corrected chi connectivity index (χ3v) is 7.46. The normalized spacial score (nSPS) is 15.6. The van der Waals surface area contributed by atoms with Crippen LogP contribution in [0.1, 0.15) is 43.7 Å². The van der Waals surface area contributed by atoms with Crippen LogP contribution >= 0.6 is 34.5 Å². The molecule has 4 aromatic rings. The first-order valence-corrected chi connectivity index (χ1v) is 12.5. The van der Waals surface area contributed by atoms with Crippen molar-refractivity contribution < 1.29 is 4.42 Å². The fourth-order valence-electron chi connectivity index (χ4n) is 4.26. The van der Waals surface area contributed by atoms with E-state index in [-0.39, 0.29) is 11.7 Å². The van der Waals surface area contributed by atoms with Crippen molar-refractivity contribution in [2.45, 2.75) is 38.1 Å². The maximum Gasteiger partial charge on any atom is 0.345 e. The lowest BCUT2D eigenvalue weighted by Gasteiger charge is -2.24. The van der Waals surface area contributed by atoms with Crippen LogP contribution in [0.5, 0.6) is 0 Å². The molecule has 0 aliphatic heterocycles. The number of rotatable bonds is 4. The molecule has 1 saturated carbocycles. The first-order chi connectivity index (χ1) is 16.1. The summed E-state index contributed by atoms with van der Waals surface area (Å²) in [6.07, 6.45) is 7.29. The minimum atomic E-state index is -0.345. The second kappa shape index (κ2) is 9.67. The Hall–Kier alpha value is -2.67. The van der Waals surface area contributed by atoms with Gasteiger partial charge in [0.15, 0.2) is 0 Å². The molecule has 168 valence electrons. The first-order valence-electron chi connectivity index (χ1n) is 10.9. The number of hydrogen-bond acceptors (Lipinski definition) is 5. The molecule has 0 unspecified atom stereocenters.